The number of aliphatic imine (C=N–C) groups is 1. The molecule has 0 bridgehead atoms. The van der Waals surface area contributed by atoms with E-state index in [0.29, 0.717) is 10.7 Å². The number of benzene rings is 2. The fraction of sp³-hybridized carbons (Fsp3) is 0.125. The monoisotopic (exact) mass is 412 g/mol. The van der Waals surface area contributed by atoms with Crippen LogP contribution < -0.4 is 0 Å². The van der Waals surface area contributed by atoms with Gasteiger partial charge in [-0.05, 0) is 55.3 Å². The van der Waals surface area contributed by atoms with Crippen LogP contribution in [0.3, 0.4) is 0 Å². The predicted octanol–water partition coefficient (Wildman–Crippen LogP) is 5.41. The lowest BCUT2D eigenvalue weighted by atomic mass is 10.1. The van der Waals surface area contributed by atoms with E-state index < -0.39 is 0 Å². The number of nitrogens with zero attached hydrogens (tertiary/aromatic N) is 3. The normalized spacial score (nSPS) is 17.6. The maximum atomic E-state index is 12.6. The van der Waals surface area contributed by atoms with Gasteiger partial charge in [0.1, 0.15) is 5.84 Å². The van der Waals surface area contributed by atoms with Gasteiger partial charge >= 0.3 is 0 Å². The van der Waals surface area contributed by atoms with Gasteiger partial charge in [-0.2, -0.15) is 4.99 Å². The summed E-state index contributed by atoms with van der Waals surface area (Å²) in [6, 6.07) is 16.7. The van der Waals surface area contributed by atoms with Crippen LogP contribution in [0.1, 0.15) is 23.9 Å². The molecule has 6 heteroatoms. The number of allylic oxidation sites excluding steroid dienone is 1. The zero-order valence-corrected chi connectivity index (χ0v) is 17.7. The average Bonchev–Trinajstić information content (AvgIpc) is 3.23. The second-order valence-electron chi connectivity index (χ2n) is 7.48. The van der Waals surface area contributed by atoms with Crippen molar-refractivity contribution in [2.75, 3.05) is 0 Å². The molecule has 1 aromatic heterocycles. The number of carbonyl (C=O) groups is 1. The maximum Gasteiger partial charge on any atom is 0.283 e. The molecule has 0 saturated carbocycles. The Morgan fingerprint density at radius 3 is 2.67 bits per heavy atom. The Morgan fingerprint density at radius 1 is 1.07 bits per heavy atom. The predicted molar refractivity (Wildman–Crippen MR) is 124 cm³/mol. The molecule has 0 atom stereocenters. The van der Waals surface area contributed by atoms with Crippen molar-refractivity contribution in [1.82, 2.24) is 9.47 Å². The molecule has 0 saturated heterocycles. The number of rotatable bonds is 2. The minimum absolute atomic E-state index is 0.179. The lowest BCUT2D eigenvalue weighted by molar-refractivity contribution is -0.114. The molecule has 1 amide bonds. The van der Waals surface area contributed by atoms with E-state index >= 15 is 0 Å². The van der Waals surface area contributed by atoms with Crippen LogP contribution in [0.25, 0.3) is 22.5 Å². The van der Waals surface area contributed by atoms with Gasteiger partial charge in [-0.1, -0.05) is 48.2 Å². The topological polar surface area (TPSA) is 61.5 Å². The molecule has 0 radical (unpaired) electrons. The number of carbonyl (C=O) groups excluding carboxylic acids is 1. The first-order valence-electron chi connectivity index (χ1n) is 9.70. The molecule has 0 unspecified atom stereocenters. The Morgan fingerprint density at radius 2 is 1.83 bits per heavy atom. The molecule has 5 rings (SSSR count). The molecule has 0 fully saturated rings. The highest BCUT2D eigenvalue weighted by molar-refractivity contribution is 8.16. The van der Waals surface area contributed by atoms with Gasteiger partial charge in [0.25, 0.3) is 5.91 Å². The third-order valence-corrected chi connectivity index (χ3v) is 6.51. The van der Waals surface area contributed by atoms with E-state index in [9.17, 15) is 4.79 Å². The SMILES string of the molecule is CC1=CSC2=NC(=O)/C(=C/c3cc(C)n(-c4cccc5ccccc45)c3C)C(=N)N12. The highest BCUT2D eigenvalue weighted by Gasteiger charge is 2.34. The summed E-state index contributed by atoms with van der Waals surface area (Å²) in [6.07, 6.45) is 1.80. The zero-order valence-electron chi connectivity index (χ0n) is 16.9. The fourth-order valence-corrected chi connectivity index (χ4v) is 4.96. The number of hydrogen-bond acceptors (Lipinski definition) is 3. The summed E-state index contributed by atoms with van der Waals surface area (Å²) in [5.41, 5.74) is 5.33. The third kappa shape index (κ3) is 2.75. The summed E-state index contributed by atoms with van der Waals surface area (Å²) in [7, 11) is 0. The molecule has 0 spiro atoms. The minimum Gasteiger partial charge on any atom is -0.317 e. The highest BCUT2D eigenvalue weighted by Crippen LogP contribution is 2.33. The van der Waals surface area contributed by atoms with Gasteiger partial charge in [0.2, 0.25) is 0 Å². The van der Waals surface area contributed by atoms with E-state index in [2.05, 4.69) is 52.9 Å². The van der Waals surface area contributed by atoms with E-state index in [1.165, 1.54) is 22.5 Å². The van der Waals surface area contributed by atoms with Crippen LogP contribution in [0.2, 0.25) is 0 Å². The van der Waals surface area contributed by atoms with Crippen molar-refractivity contribution >= 4 is 45.5 Å². The number of nitrogens with one attached hydrogen (secondary N) is 1. The number of amides is 1. The second-order valence-corrected chi connectivity index (χ2v) is 8.32. The van der Waals surface area contributed by atoms with Crippen molar-refractivity contribution < 1.29 is 4.79 Å². The Labute approximate surface area is 178 Å². The Kier molecular flexibility index (Phi) is 4.25. The quantitative estimate of drug-likeness (QED) is 0.572. The molecule has 2 aromatic carbocycles. The smallest absolute Gasteiger partial charge is 0.283 e. The molecule has 2 aliphatic rings. The summed E-state index contributed by atoms with van der Waals surface area (Å²) in [4.78, 5) is 18.5. The van der Waals surface area contributed by atoms with Crippen LogP contribution in [0.5, 0.6) is 0 Å². The number of aryl methyl sites for hydroxylation is 1. The van der Waals surface area contributed by atoms with Crippen LogP contribution in [0.15, 0.2) is 70.2 Å². The fourth-order valence-electron chi connectivity index (χ4n) is 4.10. The van der Waals surface area contributed by atoms with E-state index in [1.807, 2.05) is 31.4 Å². The number of aromatic nitrogens is 1. The Balaban J connectivity index is 1.64. The first-order valence-corrected chi connectivity index (χ1v) is 10.6. The number of hydrogen-bond donors (Lipinski definition) is 1. The van der Waals surface area contributed by atoms with Gasteiger partial charge in [-0.15, -0.1) is 0 Å². The van der Waals surface area contributed by atoms with Crippen molar-refractivity contribution in [3.8, 4) is 5.69 Å². The third-order valence-electron chi connectivity index (χ3n) is 5.56. The largest absolute Gasteiger partial charge is 0.317 e. The summed E-state index contributed by atoms with van der Waals surface area (Å²) in [5.74, 6) is -0.185. The molecular weight excluding hydrogens is 392 g/mol. The summed E-state index contributed by atoms with van der Waals surface area (Å²) in [6.45, 7) is 6.03. The van der Waals surface area contributed by atoms with Gasteiger partial charge in [-0.3, -0.25) is 15.1 Å². The van der Waals surface area contributed by atoms with E-state index in [-0.39, 0.29) is 11.7 Å². The lowest BCUT2D eigenvalue weighted by Crippen LogP contribution is -2.37. The lowest BCUT2D eigenvalue weighted by Gasteiger charge is -2.25. The molecule has 3 heterocycles. The molecule has 30 heavy (non-hydrogen) atoms. The van der Waals surface area contributed by atoms with Gasteiger partial charge in [0.05, 0.1) is 11.3 Å². The van der Waals surface area contributed by atoms with Crippen molar-refractivity contribution in [2.45, 2.75) is 20.8 Å². The molecule has 148 valence electrons. The van der Waals surface area contributed by atoms with Crippen molar-refractivity contribution in [3.63, 3.8) is 0 Å². The summed E-state index contributed by atoms with van der Waals surface area (Å²) >= 11 is 1.38. The Bertz CT molecular complexity index is 1340. The van der Waals surface area contributed by atoms with E-state index in [4.69, 9.17) is 5.41 Å². The van der Waals surface area contributed by atoms with E-state index in [1.54, 1.807) is 11.0 Å². The summed E-state index contributed by atoms with van der Waals surface area (Å²) in [5, 5.41) is 13.4. The van der Waals surface area contributed by atoms with Crippen LogP contribution in [-0.4, -0.2) is 26.4 Å². The molecule has 5 nitrogen and oxygen atoms in total. The van der Waals surface area contributed by atoms with Crippen LogP contribution in [0, 0.1) is 19.3 Å². The molecule has 0 aliphatic carbocycles. The molecule has 1 N–H and O–H groups in total. The number of thioether (sulfide) groups is 1. The van der Waals surface area contributed by atoms with Gasteiger partial charge in [0.15, 0.2) is 5.17 Å². The second kappa shape index (κ2) is 6.85. The first-order chi connectivity index (χ1) is 14.5. The Hall–Kier alpha value is -3.38. The standard InChI is InChI=1S/C24H20N4OS/c1-14-11-18(12-20-22(25)28-15(2)13-30-24(28)26-23(20)29)16(3)27(14)21-10-6-8-17-7-4-5-9-19(17)21/h4-13,25H,1-3H3/b20-12+,25-22?. The highest BCUT2D eigenvalue weighted by atomic mass is 32.2. The average molecular weight is 413 g/mol. The van der Waals surface area contributed by atoms with Crippen LogP contribution in [-0.2, 0) is 4.79 Å². The first kappa shape index (κ1) is 18.6. The van der Waals surface area contributed by atoms with Crippen molar-refractivity contribution in [1.29, 1.82) is 5.41 Å². The van der Waals surface area contributed by atoms with Crippen molar-refractivity contribution in [2.24, 2.45) is 4.99 Å². The zero-order chi connectivity index (χ0) is 21.0. The van der Waals surface area contributed by atoms with Gasteiger partial charge in [-0.25, -0.2) is 0 Å². The van der Waals surface area contributed by atoms with Crippen molar-refractivity contribution in [3.05, 3.63) is 82.2 Å². The van der Waals surface area contributed by atoms with Gasteiger partial charge < -0.3 is 4.57 Å². The van der Waals surface area contributed by atoms with E-state index in [0.717, 1.165) is 28.3 Å². The molecular formula is C24H20N4OS. The molecule has 3 aromatic rings. The summed E-state index contributed by atoms with van der Waals surface area (Å²) < 4.78 is 2.21. The molecule has 2 aliphatic heterocycles. The van der Waals surface area contributed by atoms with Crippen LogP contribution >= 0.6 is 11.8 Å². The van der Waals surface area contributed by atoms with Crippen LogP contribution in [0.4, 0.5) is 0 Å². The maximum absolute atomic E-state index is 12.6. The minimum atomic E-state index is -0.364. The van der Waals surface area contributed by atoms with Gasteiger partial charge in [0, 0.05) is 22.5 Å². The number of amidine groups is 2. The number of fused-ring (bicyclic) bond motifs is 2.